The highest BCUT2D eigenvalue weighted by atomic mass is 127. The summed E-state index contributed by atoms with van der Waals surface area (Å²) >= 11 is 0. The summed E-state index contributed by atoms with van der Waals surface area (Å²) in [5, 5.41) is 3.39. The zero-order valence-electron chi connectivity index (χ0n) is 13.9. The predicted molar refractivity (Wildman–Crippen MR) is 97.4 cm³/mol. The smallest absolute Gasteiger partial charge is 0.352 e. The normalized spacial score (nSPS) is 27.0. The summed E-state index contributed by atoms with van der Waals surface area (Å²) in [5.74, 6) is 1.51. The largest absolute Gasteiger partial charge is 0.401 e. The first kappa shape index (κ1) is 20.8. The molecule has 2 unspecified atom stereocenters. The van der Waals surface area contributed by atoms with Gasteiger partial charge >= 0.3 is 6.18 Å². The van der Waals surface area contributed by atoms with E-state index in [2.05, 4.69) is 22.1 Å². The van der Waals surface area contributed by atoms with Crippen LogP contribution in [0.4, 0.5) is 13.2 Å². The molecule has 23 heavy (non-hydrogen) atoms. The molecule has 0 aromatic carbocycles. The minimum absolute atomic E-state index is 0. The van der Waals surface area contributed by atoms with Crippen LogP contribution in [0.5, 0.6) is 0 Å². The minimum atomic E-state index is -4.11. The summed E-state index contributed by atoms with van der Waals surface area (Å²) in [6, 6.07) is 0.0601. The van der Waals surface area contributed by atoms with Gasteiger partial charge in [0.1, 0.15) is 0 Å². The molecule has 0 bridgehead atoms. The molecule has 2 aliphatic heterocycles. The van der Waals surface area contributed by atoms with Crippen molar-refractivity contribution in [1.29, 1.82) is 0 Å². The zero-order valence-corrected chi connectivity index (χ0v) is 16.2. The van der Waals surface area contributed by atoms with Gasteiger partial charge in [-0.25, -0.2) is 0 Å². The number of hydrogen-bond donors (Lipinski definition) is 1. The van der Waals surface area contributed by atoms with Gasteiger partial charge in [-0.3, -0.25) is 9.89 Å². The number of piperidine rings is 1. The SMILES string of the molecule is CCN=C(NC1CCN(CC(F)(F)F)C1)N1CCCC(C)C1.I. The van der Waals surface area contributed by atoms with Crippen LogP contribution in [-0.2, 0) is 0 Å². The highest BCUT2D eigenvalue weighted by Crippen LogP contribution is 2.20. The lowest BCUT2D eigenvalue weighted by Gasteiger charge is -2.34. The van der Waals surface area contributed by atoms with Crippen molar-refractivity contribution in [1.82, 2.24) is 15.1 Å². The molecule has 2 fully saturated rings. The second kappa shape index (κ2) is 9.29. The van der Waals surface area contributed by atoms with Gasteiger partial charge in [-0.1, -0.05) is 6.92 Å². The number of nitrogens with one attached hydrogen (secondary N) is 1. The molecule has 0 aromatic rings. The van der Waals surface area contributed by atoms with E-state index in [0.29, 0.717) is 25.6 Å². The number of aliphatic imine (C=N–C) groups is 1. The molecule has 2 heterocycles. The molecule has 0 amide bonds. The molecular weight excluding hydrogens is 420 g/mol. The van der Waals surface area contributed by atoms with Crippen molar-refractivity contribution in [3.05, 3.63) is 0 Å². The van der Waals surface area contributed by atoms with Crippen LogP contribution in [0, 0.1) is 5.92 Å². The average molecular weight is 448 g/mol. The van der Waals surface area contributed by atoms with Crippen LogP contribution in [0.25, 0.3) is 0 Å². The van der Waals surface area contributed by atoms with E-state index in [-0.39, 0.29) is 30.0 Å². The van der Waals surface area contributed by atoms with Crippen LogP contribution < -0.4 is 5.32 Å². The van der Waals surface area contributed by atoms with Gasteiger partial charge in [0.15, 0.2) is 5.96 Å². The van der Waals surface area contributed by atoms with E-state index in [0.717, 1.165) is 31.9 Å². The zero-order chi connectivity index (χ0) is 16.2. The molecule has 2 atom stereocenters. The van der Waals surface area contributed by atoms with E-state index in [1.807, 2.05) is 6.92 Å². The van der Waals surface area contributed by atoms with Crippen LogP contribution in [0.2, 0.25) is 0 Å². The third kappa shape index (κ3) is 7.03. The van der Waals surface area contributed by atoms with Gasteiger partial charge in [-0.05, 0) is 32.1 Å². The third-order valence-electron chi connectivity index (χ3n) is 4.27. The molecule has 2 aliphatic rings. The van der Waals surface area contributed by atoms with E-state index in [4.69, 9.17) is 0 Å². The Balaban J connectivity index is 0.00000264. The van der Waals surface area contributed by atoms with Crippen molar-refractivity contribution >= 4 is 29.9 Å². The number of alkyl halides is 3. The van der Waals surface area contributed by atoms with Crippen LogP contribution >= 0.6 is 24.0 Å². The topological polar surface area (TPSA) is 30.9 Å². The Bertz CT molecular complexity index is 389. The Morgan fingerprint density at radius 1 is 1.22 bits per heavy atom. The lowest BCUT2D eigenvalue weighted by molar-refractivity contribution is -0.143. The van der Waals surface area contributed by atoms with Crippen molar-refractivity contribution < 1.29 is 13.2 Å². The third-order valence-corrected chi connectivity index (χ3v) is 4.27. The summed E-state index contributed by atoms with van der Waals surface area (Å²) in [6.07, 6.45) is -0.991. The van der Waals surface area contributed by atoms with Crippen molar-refractivity contribution in [2.75, 3.05) is 39.3 Å². The lowest BCUT2D eigenvalue weighted by atomic mass is 10.0. The maximum absolute atomic E-state index is 12.5. The monoisotopic (exact) mass is 448 g/mol. The van der Waals surface area contributed by atoms with Gasteiger partial charge < -0.3 is 10.2 Å². The minimum Gasteiger partial charge on any atom is -0.352 e. The first-order valence-corrected chi connectivity index (χ1v) is 8.22. The Labute approximate surface area is 153 Å². The van der Waals surface area contributed by atoms with E-state index in [9.17, 15) is 13.2 Å². The lowest BCUT2D eigenvalue weighted by Crippen LogP contribution is -2.50. The molecule has 8 heteroatoms. The van der Waals surface area contributed by atoms with E-state index in [1.165, 1.54) is 11.3 Å². The predicted octanol–water partition coefficient (Wildman–Crippen LogP) is 2.94. The van der Waals surface area contributed by atoms with Gasteiger partial charge in [0.05, 0.1) is 6.54 Å². The summed E-state index contributed by atoms with van der Waals surface area (Å²) < 4.78 is 37.4. The first-order valence-electron chi connectivity index (χ1n) is 8.22. The molecule has 0 aromatic heterocycles. The van der Waals surface area contributed by atoms with Gasteiger partial charge in [0.2, 0.25) is 0 Å². The van der Waals surface area contributed by atoms with Crippen molar-refractivity contribution in [2.24, 2.45) is 10.9 Å². The van der Waals surface area contributed by atoms with Gasteiger partial charge in [0, 0.05) is 38.8 Å². The Kier molecular flexibility index (Phi) is 8.40. The molecular formula is C15H28F3IN4. The molecule has 0 radical (unpaired) electrons. The Hall–Kier alpha value is -0.250. The highest BCUT2D eigenvalue weighted by molar-refractivity contribution is 14.0. The van der Waals surface area contributed by atoms with E-state index >= 15 is 0 Å². The number of nitrogens with zero attached hydrogens (tertiary/aromatic N) is 3. The van der Waals surface area contributed by atoms with Crippen LogP contribution in [0.3, 0.4) is 0 Å². The van der Waals surface area contributed by atoms with Crippen molar-refractivity contribution in [3.63, 3.8) is 0 Å². The molecule has 0 aliphatic carbocycles. The molecule has 4 nitrogen and oxygen atoms in total. The molecule has 0 saturated carbocycles. The number of rotatable bonds is 3. The molecule has 136 valence electrons. The fourth-order valence-corrected chi connectivity index (χ4v) is 3.30. The number of halogens is 4. The molecule has 0 spiro atoms. The maximum atomic E-state index is 12.5. The van der Waals surface area contributed by atoms with Gasteiger partial charge in [0.25, 0.3) is 0 Å². The standard InChI is InChI=1S/C15H27F3N4.HI/c1-3-19-14(22-7-4-5-12(2)9-22)20-13-6-8-21(10-13)11-15(16,17)18;/h12-13H,3-11H2,1-2H3,(H,19,20);1H. The Morgan fingerprint density at radius 2 is 1.96 bits per heavy atom. The highest BCUT2D eigenvalue weighted by Gasteiger charge is 2.35. The fraction of sp³-hybridized carbons (Fsp3) is 0.933. The van der Waals surface area contributed by atoms with Crippen molar-refractivity contribution in [2.45, 2.75) is 45.3 Å². The first-order chi connectivity index (χ1) is 10.4. The molecule has 2 rings (SSSR count). The summed E-state index contributed by atoms with van der Waals surface area (Å²) in [4.78, 5) is 8.26. The molecule has 1 N–H and O–H groups in total. The van der Waals surface area contributed by atoms with E-state index < -0.39 is 12.7 Å². The second-order valence-electron chi connectivity index (χ2n) is 6.47. The summed E-state index contributed by atoms with van der Waals surface area (Å²) in [6.45, 7) is 6.98. The van der Waals surface area contributed by atoms with Gasteiger partial charge in [-0.2, -0.15) is 13.2 Å². The van der Waals surface area contributed by atoms with E-state index in [1.54, 1.807) is 0 Å². The molecule has 2 saturated heterocycles. The fourth-order valence-electron chi connectivity index (χ4n) is 3.30. The number of guanidine groups is 1. The average Bonchev–Trinajstić information content (AvgIpc) is 2.83. The number of hydrogen-bond acceptors (Lipinski definition) is 2. The van der Waals surface area contributed by atoms with Gasteiger partial charge in [-0.15, -0.1) is 24.0 Å². The Morgan fingerprint density at radius 3 is 2.57 bits per heavy atom. The summed E-state index contributed by atoms with van der Waals surface area (Å²) in [5.41, 5.74) is 0. The summed E-state index contributed by atoms with van der Waals surface area (Å²) in [7, 11) is 0. The second-order valence-corrected chi connectivity index (χ2v) is 6.47. The van der Waals surface area contributed by atoms with Crippen molar-refractivity contribution in [3.8, 4) is 0 Å². The van der Waals surface area contributed by atoms with Crippen LogP contribution in [-0.4, -0.2) is 67.2 Å². The van der Waals surface area contributed by atoms with Crippen LogP contribution in [0.1, 0.15) is 33.1 Å². The van der Waals surface area contributed by atoms with Crippen LogP contribution in [0.15, 0.2) is 4.99 Å². The quantitative estimate of drug-likeness (QED) is 0.409. The number of likely N-dealkylation sites (tertiary alicyclic amines) is 2. The maximum Gasteiger partial charge on any atom is 0.401 e.